The van der Waals surface area contributed by atoms with Crippen LogP contribution in [0.25, 0.3) is 22.8 Å². The zero-order chi connectivity index (χ0) is 20.5. The number of phenolic OH excluding ortho intramolecular Hbond substituents is 1. The highest BCUT2D eigenvalue weighted by Crippen LogP contribution is 2.24. The minimum atomic E-state index is -0.223. The lowest BCUT2D eigenvalue weighted by atomic mass is 10.0. The number of aromatic nitrogens is 3. The van der Waals surface area contributed by atoms with Gasteiger partial charge in [0.05, 0.1) is 17.3 Å². The first-order valence-corrected chi connectivity index (χ1v) is 9.36. The van der Waals surface area contributed by atoms with Gasteiger partial charge in [-0.25, -0.2) is 4.98 Å². The SMILES string of the molecule is Cc1cc(O)c(C(=O)C=Cc2ccc(-n3c(C)nc4cnccc43)cc2)cc1C. The second-order valence-corrected chi connectivity index (χ2v) is 7.10. The van der Waals surface area contributed by atoms with Crippen LogP contribution in [0, 0.1) is 20.8 Å². The predicted molar refractivity (Wildman–Crippen MR) is 115 cm³/mol. The highest BCUT2D eigenvalue weighted by molar-refractivity contribution is 6.08. The van der Waals surface area contributed by atoms with E-state index in [-0.39, 0.29) is 11.5 Å². The van der Waals surface area contributed by atoms with Gasteiger partial charge in [-0.2, -0.15) is 0 Å². The molecule has 29 heavy (non-hydrogen) atoms. The van der Waals surface area contributed by atoms with Crippen molar-refractivity contribution >= 4 is 22.9 Å². The van der Waals surface area contributed by atoms with Crippen LogP contribution < -0.4 is 0 Å². The molecule has 0 amide bonds. The average molecular weight is 383 g/mol. The zero-order valence-electron chi connectivity index (χ0n) is 16.5. The van der Waals surface area contributed by atoms with Gasteiger partial charge in [0.25, 0.3) is 0 Å². The molecule has 2 heterocycles. The number of carbonyl (C=O) groups is 1. The Hall–Kier alpha value is -3.73. The van der Waals surface area contributed by atoms with E-state index in [2.05, 4.69) is 14.5 Å². The summed E-state index contributed by atoms with van der Waals surface area (Å²) in [6.45, 7) is 5.79. The number of imidazole rings is 1. The van der Waals surface area contributed by atoms with Crippen LogP contribution in [0.15, 0.2) is 60.9 Å². The van der Waals surface area contributed by atoms with Crippen molar-refractivity contribution in [3.8, 4) is 11.4 Å². The normalized spacial score (nSPS) is 11.4. The molecular weight excluding hydrogens is 362 g/mol. The number of rotatable bonds is 4. The van der Waals surface area contributed by atoms with Gasteiger partial charge in [-0.1, -0.05) is 18.2 Å². The molecule has 1 N–H and O–H groups in total. The Balaban J connectivity index is 1.59. The van der Waals surface area contributed by atoms with Crippen LogP contribution in [0.2, 0.25) is 0 Å². The van der Waals surface area contributed by atoms with Gasteiger partial charge in [-0.05, 0) is 73.9 Å². The molecule has 0 radical (unpaired) electrons. The summed E-state index contributed by atoms with van der Waals surface area (Å²) in [5.41, 5.74) is 5.99. The molecule has 0 unspecified atom stereocenters. The van der Waals surface area contributed by atoms with Crippen molar-refractivity contribution in [2.75, 3.05) is 0 Å². The van der Waals surface area contributed by atoms with Crippen molar-refractivity contribution in [2.45, 2.75) is 20.8 Å². The van der Waals surface area contributed by atoms with Gasteiger partial charge in [-0.3, -0.25) is 14.3 Å². The van der Waals surface area contributed by atoms with Crippen LogP contribution >= 0.6 is 0 Å². The van der Waals surface area contributed by atoms with Crippen molar-refractivity contribution in [3.05, 3.63) is 89.0 Å². The lowest BCUT2D eigenvalue weighted by molar-refractivity contribution is 0.104. The Morgan fingerprint density at radius 3 is 2.52 bits per heavy atom. The van der Waals surface area contributed by atoms with Crippen LogP contribution in [-0.2, 0) is 0 Å². The summed E-state index contributed by atoms with van der Waals surface area (Å²) in [5.74, 6) is 0.672. The van der Waals surface area contributed by atoms with Crippen LogP contribution in [0.5, 0.6) is 5.75 Å². The van der Waals surface area contributed by atoms with E-state index >= 15 is 0 Å². The summed E-state index contributed by atoms with van der Waals surface area (Å²) >= 11 is 0. The highest BCUT2D eigenvalue weighted by Gasteiger charge is 2.11. The number of benzene rings is 2. The zero-order valence-corrected chi connectivity index (χ0v) is 16.5. The van der Waals surface area contributed by atoms with Gasteiger partial charge in [0, 0.05) is 11.9 Å². The average Bonchev–Trinajstić information content (AvgIpc) is 3.05. The maximum absolute atomic E-state index is 12.5. The third-order valence-electron chi connectivity index (χ3n) is 5.08. The maximum atomic E-state index is 12.5. The van der Waals surface area contributed by atoms with Crippen molar-refractivity contribution in [3.63, 3.8) is 0 Å². The third-order valence-corrected chi connectivity index (χ3v) is 5.08. The number of nitrogens with zero attached hydrogens (tertiary/aromatic N) is 3. The molecule has 0 saturated heterocycles. The molecule has 0 aliphatic carbocycles. The molecule has 5 nitrogen and oxygen atoms in total. The van der Waals surface area contributed by atoms with Crippen molar-refractivity contribution in [1.82, 2.24) is 14.5 Å². The summed E-state index contributed by atoms with van der Waals surface area (Å²) in [5, 5.41) is 10.1. The molecule has 4 rings (SSSR count). The smallest absolute Gasteiger partial charge is 0.189 e. The lowest BCUT2D eigenvalue weighted by Gasteiger charge is -2.07. The fourth-order valence-electron chi connectivity index (χ4n) is 3.37. The highest BCUT2D eigenvalue weighted by atomic mass is 16.3. The molecular formula is C24H21N3O2. The molecule has 0 aliphatic heterocycles. The second-order valence-electron chi connectivity index (χ2n) is 7.10. The first-order chi connectivity index (χ1) is 13.9. The minimum absolute atomic E-state index is 0.00930. The Morgan fingerprint density at radius 2 is 1.76 bits per heavy atom. The van der Waals surface area contributed by atoms with Gasteiger partial charge >= 0.3 is 0 Å². The van der Waals surface area contributed by atoms with Gasteiger partial charge in [0.1, 0.15) is 17.1 Å². The molecule has 4 aromatic rings. The van der Waals surface area contributed by atoms with Crippen molar-refractivity contribution in [1.29, 1.82) is 0 Å². The minimum Gasteiger partial charge on any atom is -0.507 e. The van der Waals surface area contributed by atoms with E-state index in [0.717, 1.165) is 39.2 Å². The van der Waals surface area contributed by atoms with Crippen LogP contribution in [0.4, 0.5) is 0 Å². The number of aromatic hydroxyl groups is 1. The molecule has 0 atom stereocenters. The number of carbonyl (C=O) groups excluding carboxylic acids is 1. The number of ketones is 1. The van der Waals surface area contributed by atoms with Gasteiger partial charge < -0.3 is 5.11 Å². The summed E-state index contributed by atoms with van der Waals surface area (Å²) in [6.07, 6.45) is 6.75. The monoisotopic (exact) mass is 383 g/mol. The van der Waals surface area contributed by atoms with E-state index in [4.69, 9.17) is 0 Å². The Bertz CT molecular complexity index is 1250. The number of fused-ring (bicyclic) bond motifs is 1. The van der Waals surface area contributed by atoms with Gasteiger partial charge in [0.15, 0.2) is 5.78 Å². The fraction of sp³-hybridized carbons (Fsp3) is 0.125. The molecule has 0 aliphatic rings. The van der Waals surface area contributed by atoms with Crippen LogP contribution in [0.1, 0.15) is 32.9 Å². The standard InChI is InChI=1S/C24H21N3O2/c1-15-12-20(24(29)13-16(15)2)23(28)9-6-18-4-7-19(8-5-18)27-17(3)26-21-14-25-11-10-22(21)27/h4-14,29H,1-3H3. The van der Waals surface area contributed by atoms with Gasteiger partial charge in [0.2, 0.25) is 0 Å². The maximum Gasteiger partial charge on any atom is 0.189 e. The molecule has 2 aromatic heterocycles. The van der Waals surface area contributed by atoms with E-state index in [0.29, 0.717) is 5.56 Å². The number of hydrogen-bond donors (Lipinski definition) is 1. The molecule has 2 aromatic carbocycles. The van der Waals surface area contributed by atoms with Crippen LogP contribution in [-0.4, -0.2) is 25.4 Å². The molecule has 144 valence electrons. The first kappa shape index (κ1) is 18.6. The number of pyridine rings is 1. The van der Waals surface area contributed by atoms with E-state index in [9.17, 15) is 9.90 Å². The number of phenols is 1. The summed E-state index contributed by atoms with van der Waals surface area (Å²) in [6, 6.07) is 13.2. The topological polar surface area (TPSA) is 68.0 Å². The van der Waals surface area contributed by atoms with E-state index in [1.807, 2.05) is 51.1 Å². The van der Waals surface area contributed by atoms with Gasteiger partial charge in [-0.15, -0.1) is 0 Å². The number of allylic oxidation sites excluding steroid dienone is 1. The lowest BCUT2D eigenvalue weighted by Crippen LogP contribution is -1.98. The van der Waals surface area contributed by atoms with E-state index in [1.165, 1.54) is 6.08 Å². The fourth-order valence-corrected chi connectivity index (χ4v) is 3.37. The summed E-state index contributed by atoms with van der Waals surface area (Å²) < 4.78 is 2.07. The summed E-state index contributed by atoms with van der Waals surface area (Å²) in [4.78, 5) is 21.1. The van der Waals surface area contributed by atoms with Crippen LogP contribution in [0.3, 0.4) is 0 Å². The molecule has 0 fully saturated rings. The van der Waals surface area contributed by atoms with E-state index < -0.39 is 0 Å². The molecule has 5 heteroatoms. The number of aryl methyl sites for hydroxylation is 3. The van der Waals surface area contributed by atoms with Crippen molar-refractivity contribution < 1.29 is 9.90 Å². The first-order valence-electron chi connectivity index (χ1n) is 9.36. The largest absolute Gasteiger partial charge is 0.507 e. The predicted octanol–water partition coefficient (Wildman–Crippen LogP) is 4.95. The Morgan fingerprint density at radius 1 is 1.03 bits per heavy atom. The number of hydrogen-bond acceptors (Lipinski definition) is 4. The molecule has 0 spiro atoms. The summed E-state index contributed by atoms with van der Waals surface area (Å²) in [7, 11) is 0. The van der Waals surface area contributed by atoms with Crippen molar-refractivity contribution in [2.24, 2.45) is 0 Å². The molecule has 0 bridgehead atoms. The Labute approximate surface area is 169 Å². The quantitative estimate of drug-likeness (QED) is 0.400. The molecule has 0 saturated carbocycles. The van der Waals surface area contributed by atoms with E-state index in [1.54, 1.807) is 30.6 Å². The third kappa shape index (κ3) is 3.55. The Kier molecular flexibility index (Phi) is 4.72. The second kappa shape index (κ2) is 7.36.